The van der Waals surface area contributed by atoms with Crippen LogP contribution in [0.3, 0.4) is 0 Å². The second-order valence-corrected chi connectivity index (χ2v) is 13.0. The molecular weight excluding hydrogens is 630 g/mol. The highest BCUT2D eigenvalue weighted by Crippen LogP contribution is 2.24. The van der Waals surface area contributed by atoms with Gasteiger partial charge in [-0.25, -0.2) is 4.79 Å². The van der Waals surface area contributed by atoms with Gasteiger partial charge in [-0.2, -0.15) is 0 Å². The van der Waals surface area contributed by atoms with Gasteiger partial charge in [0.25, 0.3) is 0 Å². The molecule has 0 saturated heterocycles. The van der Waals surface area contributed by atoms with Crippen LogP contribution in [0.5, 0.6) is 0 Å². The fraction of sp³-hybridized carbons (Fsp3) is 0.694. The Hall–Kier alpha value is -3.55. The number of carbonyl (C=O) groups is 5. The van der Waals surface area contributed by atoms with Crippen LogP contribution in [0.25, 0.3) is 0 Å². The molecule has 0 heterocycles. The number of benzene rings is 1. The third-order valence-electron chi connectivity index (χ3n) is 9.16. The van der Waals surface area contributed by atoms with E-state index in [0.717, 1.165) is 12.0 Å². The molecule has 4 N–H and O–H groups in total. The molecule has 278 valence electrons. The van der Waals surface area contributed by atoms with Gasteiger partial charge in [0.1, 0.15) is 12.3 Å². The van der Waals surface area contributed by atoms with E-state index in [0.29, 0.717) is 19.4 Å². The van der Waals surface area contributed by atoms with Crippen LogP contribution in [0.1, 0.15) is 72.8 Å². The number of carboxylic acids is 1. The van der Waals surface area contributed by atoms with E-state index in [-0.39, 0.29) is 48.9 Å². The van der Waals surface area contributed by atoms with Gasteiger partial charge in [-0.15, -0.1) is 0 Å². The van der Waals surface area contributed by atoms with Crippen molar-refractivity contribution >= 4 is 29.6 Å². The Morgan fingerprint density at radius 3 is 2.04 bits per heavy atom. The van der Waals surface area contributed by atoms with Gasteiger partial charge in [-0.05, 0) is 37.8 Å². The first kappa shape index (κ1) is 43.5. The minimum absolute atomic E-state index is 0.0304. The molecule has 0 aliphatic carbocycles. The number of carbonyl (C=O) groups excluding carboxylic acids is 4. The molecule has 0 spiro atoms. The first-order chi connectivity index (χ1) is 23.2. The second-order valence-electron chi connectivity index (χ2n) is 13.0. The summed E-state index contributed by atoms with van der Waals surface area (Å²) in [6, 6.07) is 6.89. The van der Waals surface area contributed by atoms with Gasteiger partial charge in [0.2, 0.25) is 23.6 Å². The number of unbranched alkanes of at least 4 members (excludes halogenated alkanes) is 1. The molecule has 1 aromatic carbocycles. The van der Waals surface area contributed by atoms with E-state index < -0.39 is 48.3 Å². The zero-order valence-corrected chi connectivity index (χ0v) is 31.2. The van der Waals surface area contributed by atoms with Gasteiger partial charge in [-0.1, -0.05) is 77.8 Å². The first-order valence-corrected chi connectivity index (χ1v) is 17.3. The standard InChI is InChI=1S/C36H61N5O8/c1-11-13-19-41(35(49-10)25(6)33(44)39-27(36(46)47)20-26-17-15-14-16-18-26)29(42)21-28(48-9)32(24(5)12-2)40(8)30(43)22-38-34(45)31(37-7)23(3)4/h14-18,23-25,27-28,31-32,35,37H,11-13,19-22H2,1-10H3,(H,38,45)(H,39,44)(H,46,47). The molecule has 7 unspecified atom stereocenters. The van der Waals surface area contributed by atoms with Crippen molar-refractivity contribution in [2.75, 3.05) is 41.4 Å². The van der Waals surface area contributed by atoms with E-state index in [1.54, 1.807) is 50.2 Å². The Morgan fingerprint density at radius 1 is 0.918 bits per heavy atom. The van der Waals surface area contributed by atoms with Crippen LogP contribution in [-0.2, 0) is 39.9 Å². The van der Waals surface area contributed by atoms with E-state index in [2.05, 4.69) is 16.0 Å². The number of amides is 4. The number of rotatable bonds is 23. The maximum Gasteiger partial charge on any atom is 0.326 e. The number of hydrogen-bond donors (Lipinski definition) is 4. The Morgan fingerprint density at radius 2 is 1.55 bits per heavy atom. The summed E-state index contributed by atoms with van der Waals surface area (Å²) in [5.41, 5.74) is 0.760. The van der Waals surface area contributed by atoms with E-state index in [1.165, 1.54) is 19.1 Å². The summed E-state index contributed by atoms with van der Waals surface area (Å²) in [7, 11) is 6.24. The summed E-state index contributed by atoms with van der Waals surface area (Å²) in [6.07, 6.45) is 0.413. The van der Waals surface area contributed by atoms with Gasteiger partial charge in [0.15, 0.2) is 0 Å². The van der Waals surface area contributed by atoms with Crippen molar-refractivity contribution in [3.8, 4) is 0 Å². The minimum Gasteiger partial charge on any atom is -0.480 e. The molecule has 0 radical (unpaired) electrons. The number of nitrogens with one attached hydrogen (secondary N) is 3. The van der Waals surface area contributed by atoms with Crippen LogP contribution in [0.4, 0.5) is 0 Å². The number of methoxy groups -OCH3 is 2. The maximum atomic E-state index is 14.1. The molecule has 7 atom stereocenters. The van der Waals surface area contributed by atoms with Crippen molar-refractivity contribution in [1.29, 1.82) is 0 Å². The first-order valence-electron chi connectivity index (χ1n) is 17.3. The maximum absolute atomic E-state index is 14.1. The number of carboxylic acid groups (broad SMARTS) is 1. The average molecular weight is 692 g/mol. The van der Waals surface area contributed by atoms with Crippen LogP contribution in [0.2, 0.25) is 0 Å². The zero-order valence-electron chi connectivity index (χ0n) is 31.2. The molecule has 13 heteroatoms. The molecule has 0 fully saturated rings. The predicted octanol–water partition coefficient (Wildman–Crippen LogP) is 2.67. The third-order valence-corrected chi connectivity index (χ3v) is 9.16. The number of aliphatic carboxylic acids is 1. The highest BCUT2D eigenvalue weighted by Gasteiger charge is 2.38. The molecule has 1 aromatic rings. The van der Waals surface area contributed by atoms with Crippen LogP contribution >= 0.6 is 0 Å². The average Bonchev–Trinajstić information content (AvgIpc) is 3.08. The molecule has 0 saturated carbocycles. The van der Waals surface area contributed by atoms with E-state index in [9.17, 15) is 29.1 Å². The lowest BCUT2D eigenvalue weighted by molar-refractivity contribution is -0.158. The summed E-state index contributed by atoms with van der Waals surface area (Å²) in [4.78, 5) is 68.7. The van der Waals surface area contributed by atoms with E-state index in [4.69, 9.17) is 9.47 Å². The molecule has 1 rings (SSSR count). The second kappa shape index (κ2) is 22.2. The van der Waals surface area contributed by atoms with Crippen molar-refractivity contribution in [3.63, 3.8) is 0 Å². The molecule has 0 aliphatic heterocycles. The number of ether oxygens (including phenoxy) is 2. The summed E-state index contributed by atoms with van der Waals surface area (Å²) in [6.45, 7) is 11.5. The third kappa shape index (κ3) is 13.4. The summed E-state index contributed by atoms with van der Waals surface area (Å²) in [5, 5.41) is 18.2. The lowest BCUT2D eigenvalue weighted by Gasteiger charge is -2.39. The Labute approximate surface area is 292 Å². The van der Waals surface area contributed by atoms with Crippen LogP contribution in [0.15, 0.2) is 30.3 Å². The summed E-state index contributed by atoms with van der Waals surface area (Å²) >= 11 is 0. The van der Waals surface area contributed by atoms with Gasteiger partial charge in [0.05, 0.1) is 37.1 Å². The zero-order chi connectivity index (χ0) is 37.3. The van der Waals surface area contributed by atoms with E-state index >= 15 is 0 Å². The molecule has 4 amide bonds. The predicted molar refractivity (Wildman–Crippen MR) is 188 cm³/mol. The fourth-order valence-electron chi connectivity index (χ4n) is 6.01. The Kier molecular flexibility index (Phi) is 19.7. The highest BCUT2D eigenvalue weighted by molar-refractivity contribution is 5.88. The van der Waals surface area contributed by atoms with Crippen molar-refractivity contribution in [2.45, 2.75) is 104 Å². The SMILES string of the molecule is CCCCN(C(=O)CC(OC)C(C(C)CC)N(C)C(=O)CNC(=O)C(NC)C(C)C)C(OC)C(C)C(=O)NC(Cc1ccccc1)C(=O)O. The van der Waals surface area contributed by atoms with Crippen molar-refractivity contribution in [2.24, 2.45) is 17.8 Å². The minimum atomic E-state index is -1.17. The van der Waals surface area contributed by atoms with Crippen LogP contribution < -0.4 is 16.0 Å². The van der Waals surface area contributed by atoms with Gasteiger partial charge in [-0.3, -0.25) is 19.2 Å². The van der Waals surface area contributed by atoms with Crippen molar-refractivity contribution in [1.82, 2.24) is 25.8 Å². The Balaban J connectivity index is 3.22. The number of likely N-dealkylation sites (N-methyl/N-ethyl adjacent to an activating group) is 2. The van der Waals surface area contributed by atoms with Crippen molar-refractivity contribution in [3.05, 3.63) is 35.9 Å². The van der Waals surface area contributed by atoms with E-state index in [1.807, 2.05) is 40.7 Å². The largest absolute Gasteiger partial charge is 0.480 e. The highest BCUT2D eigenvalue weighted by atomic mass is 16.5. The lowest BCUT2D eigenvalue weighted by Crippen LogP contribution is -2.56. The van der Waals surface area contributed by atoms with Crippen LogP contribution in [-0.4, -0.2) is 116 Å². The van der Waals surface area contributed by atoms with Crippen LogP contribution in [0, 0.1) is 17.8 Å². The Bertz CT molecular complexity index is 1180. The topological polar surface area (TPSA) is 167 Å². The number of nitrogens with zero attached hydrogens (tertiary/aromatic N) is 2. The van der Waals surface area contributed by atoms with Gasteiger partial charge in [0, 0.05) is 34.2 Å². The molecule has 13 nitrogen and oxygen atoms in total. The normalized spacial score (nSPS) is 15.7. The quantitative estimate of drug-likeness (QED) is 0.126. The summed E-state index contributed by atoms with van der Waals surface area (Å²) in [5.74, 6) is -3.60. The van der Waals surface area contributed by atoms with Crippen molar-refractivity contribution < 1.29 is 38.6 Å². The summed E-state index contributed by atoms with van der Waals surface area (Å²) < 4.78 is 11.6. The molecule has 0 aromatic heterocycles. The number of hydrogen-bond acceptors (Lipinski definition) is 8. The lowest BCUT2D eigenvalue weighted by atomic mass is 9.90. The molecule has 49 heavy (non-hydrogen) atoms. The molecule has 0 aliphatic rings. The van der Waals surface area contributed by atoms with Gasteiger partial charge < -0.3 is 40.3 Å². The fourth-order valence-corrected chi connectivity index (χ4v) is 6.01. The molecular formula is C36H61N5O8. The van der Waals surface area contributed by atoms with Gasteiger partial charge >= 0.3 is 5.97 Å². The molecule has 0 bridgehead atoms. The monoisotopic (exact) mass is 691 g/mol. The smallest absolute Gasteiger partial charge is 0.326 e.